The molecule has 0 aliphatic carbocycles. The summed E-state index contributed by atoms with van der Waals surface area (Å²) in [7, 11) is 4.04. The second-order valence-corrected chi connectivity index (χ2v) is 3.75. The molecular formula is C6H14ClF2N3Si. The van der Waals surface area contributed by atoms with E-state index in [0.29, 0.717) is 10.2 Å². The van der Waals surface area contributed by atoms with E-state index >= 15 is 0 Å². The van der Waals surface area contributed by atoms with Gasteiger partial charge in [0.25, 0.3) is 0 Å². The highest BCUT2D eigenvalue weighted by atomic mass is 35.5. The molecule has 3 nitrogen and oxygen atoms in total. The van der Waals surface area contributed by atoms with E-state index in [4.69, 9.17) is 0 Å². The first-order valence-corrected chi connectivity index (χ1v) is 4.69. The lowest BCUT2D eigenvalue weighted by molar-refractivity contribution is -0.174. The molecule has 13 heavy (non-hydrogen) atoms. The van der Waals surface area contributed by atoms with Crippen LogP contribution in [0.5, 0.6) is 0 Å². The van der Waals surface area contributed by atoms with Gasteiger partial charge in [-0.05, 0) is 6.92 Å². The third-order valence-corrected chi connectivity index (χ3v) is 3.47. The van der Waals surface area contributed by atoms with E-state index < -0.39 is 6.55 Å². The molecule has 0 amide bonds. The molecule has 0 aromatic rings. The van der Waals surface area contributed by atoms with Crippen LogP contribution < -0.4 is 0 Å². The van der Waals surface area contributed by atoms with Crippen LogP contribution >= 0.6 is 12.4 Å². The highest BCUT2D eigenvalue weighted by Crippen LogP contribution is 2.25. The predicted molar refractivity (Wildman–Crippen MR) is 53.3 cm³/mol. The van der Waals surface area contributed by atoms with Crippen LogP contribution in [0, 0.1) is 0 Å². The summed E-state index contributed by atoms with van der Waals surface area (Å²) in [6.07, 6.45) is 0. The van der Waals surface area contributed by atoms with E-state index in [1.165, 1.54) is 5.12 Å². The van der Waals surface area contributed by atoms with Crippen molar-refractivity contribution in [2.75, 3.05) is 14.1 Å². The molecule has 1 aliphatic rings. The number of hydrogen-bond acceptors (Lipinski definition) is 3. The fourth-order valence-electron chi connectivity index (χ4n) is 1.25. The maximum Gasteiger partial charge on any atom is 0.329 e. The van der Waals surface area contributed by atoms with Crippen molar-refractivity contribution in [3.05, 3.63) is 11.0 Å². The van der Waals surface area contributed by atoms with Gasteiger partial charge in [-0.25, -0.2) is 5.01 Å². The lowest BCUT2D eigenvalue weighted by atomic mass is 10.5. The predicted octanol–water partition coefficient (Wildman–Crippen LogP) is 0.194. The number of alkyl halides is 2. The summed E-state index contributed by atoms with van der Waals surface area (Å²) in [4.78, 5) is 0. The molecule has 0 saturated heterocycles. The molecule has 78 valence electrons. The number of nitrogens with zero attached hydrogens (tertiary/aromatic N) is 3. The van der Waals surface area contributed by atoms with Crippen LogP contribution in [0.3, 0.4) is 0 Å². The first kappa shape index (κ1) is 12.7. The Bertz CT molecular complexity index is 224. The Balaban J connectivity index is 0.00000144. The fraction of sp³-hybridized carbons (Fsp3) is 0.667. The van der Waals surface area contributed by atoms with E-state index in [9.17, 15) is 8.78 Å². The largest absolute Gasteiger partial charge is 0.329 e. The van der Waals surface area contributed by atoms with Crippen molar-refractivity contribution < 1.29 is 8.78 Å². The minimum atomic E-state index is -2.44. The van der Waals surface area contributed by atoms with Gasteiger partial charge in [0.05, 0.1) is 10.2 Å². The smallest absolute Gasteiger partial charge is 0.294 e. The third-order valence-electron chi connectivity index (χ3n) is 2.28. The Morgan fingerprint density at radius 2 is 1.77 bits per heavy atom. The van der Waals surface area contributed by atoms with E-state index in [2.05, 4.69) is 0 Å². The quantitative estimate of drug-likeness (QED) is 0.470. The SMILES string of the molecule is CC1=C([SiH3])N(C(F)F)N(C)N1C.Cl. The average molecular weight is 230 g/mol. The second kappa shape index (κ2) is 4.25. The van der Waals surface area contributed by atoms with Crippen molar-refractivity contribution in [1.29, 1.82) is 0 Å². The summed E-state index contributed by atoms with van der Waals surface area (Å²) in [5, 5.41) is 4.90. The summed E-state index contributed by atoms with van der Waals surface area (Å²) in [6, 6.07) is 0. The Hall–Kier alpha value is -0.333. The zero-order valence-corrected chi connectivity index (χ0v) is 10.9. The van der Waals surface area contributed by atoms with Crippen molar-refractivity contribution in [1.82, 2.24) is 15.1 Å². The molecule has 1 rings (SSSR count). The van der Waals surface area contributed by atoms with Gasteiger partial charge >= 0.3 is 6.55 Å². The minimum Gasteiger partial charge on any atom is -0.294 e. The van der Waals surface area contributed by atoms with Gasteiger partial charge < -0.3 is 0 Å². The average Bonchev–Trinajstić information content (AvgIpc) is 2.16. The Morgan fingerprint density at radius 3 is 1.92 bits per heavy atom. The second-order valence-electron chi connectivity index (χ2n) is 2.81. The first-order valence-electron chi connectivity index (χ1n) is 3.69. The third kappa shape index (κ3) is 1.95. The molecule has 0 spiro atoms. The number of rotatable bonds is 1. The van der Waals surface area contributed by atoms with Crippen LogP contribution in [-0.2, 0) is 0 Å². The molecule has 0 aromatic carbocycles. The molecule has 0 bridgehead atoms. The van der Waals surface area contributed by atoms with Gasteiger partial charge in [0.15, 0.2) is 0 Å². The number of hydrogen-bond donors (Lipinski definition) is 0. The van der Waals surface area contributed by atoms with Crippen molar-refractivity contribution in [2.45, 2.75) is 13.5 Å². The molecule has 7 heteroatoms. The van der Waals surface area contributed by atoms with Crippen LogP contribution in [0.15, 0.2) is 11.0 Å². The van der Waals surface area contributed by atoms with Crippen LogP contribution in [0.1, 0.15) is 6.92 Å². The highest BCUT2D eigenvalue weighted by molar-refractivity contribution is 6.21. The molecule has 0 N–H and O–H groups in total. The normalized spacial score (nSPS) is 18.9. The lowest BCUT2D eigenvalue weighted by Gasteiger charge is -2.30. The minimum absolute atomic E-state index is 0. The lowest BCUT2D eigenvalue weighted by Crippen LogP contribution is -2.43. The fourth-order valence-corrected chi connectivity index (χ4v) is 2.06. The summed E-state index contributed by atoms with van der Waals surface area (Å²) >= 11 is 0. The van der Waals surface area contributed by atoms with Crippen molar-refractivity contribution >= 4 is 22.6 Å². The first-order chi connectivity index (χ1) is 5.46. The molecule has 1 heterocycles. The van der Waals surface area contributed by atoms with E-state index in [0.717, 1.165) is 16.0 Å². The zero-order valence-electron chi connectivity index (χ0n) is 8.08. The molecule has 1 aliphatic heterocycles. The Kier molecular flexibility index (Phi) is 4.14. The summed E-state index contributed by atoms with van der Waals surface area (Å²) in [5.74, 6) is 0. The van der Waals surface area contributed by atoms with Crippen molar-refractivity contribution in [3.63, 3.8) is 0 Å². The Morgan fingerprint density at radius 1 is 1.31 bits per heavy atom. The zero-order chi connectivity index (χ0) is 9.46. The molecule has 0 saturated carbocycles. The standard InChI is InChI=1S/C6H13F2N3Si.ClH/c1-4-5(12)11(6(7)8)10(3)9(4)2;/h6H,1-3,12H3;1H. The van der Waals surface area contributed by atoms with Crippen molar-refractivity contribution in [2.24, 2.45) is 0 Å². The maximum absolute atomic E-state index is 12.4. The van der Waals surface area contributed by atoms with Gasteiger partial charge in [-0.3, -0.25) is 5.01 Å². The van der Waals surface area contributed by atoms with Gasteiger partial charge in [0, 0.05) is 25.1 Å². The van der Waals surface area contributed by atoms with E-state index in [1.807, 2.05) is 6.92 Å². The van der Waals surface area contributed by atoms with Gasteiger partial charge in [-0.2, -0.15) is 8.78 Å². The monoisotopic (exact) mass is 229 g/mol. The Labute approximate surface area is 85.7 Å². The number of hydrazine groups is 2. The molecular weight excluding hydrogens is 216 g/mol. The van der Waals surface area contributed by atoms with Gasteiger partial charge in [-0.15, -0.1) is 17.5 Å². The number of halogens is 3. The molecule has 0 aromatic heterocycles. The number of allylic oxidation sites excluding steroid dienone is 1. The molecule has 0 radical (unpaired) electrons. The van der Waals surface area contributed by atoms with E-state index in [-0.39, 0.29) is 12.4 Å². The molecule has 0 atom stereocenters. The van der Waals surface area contributed by atoms with Gasteiger partial charge in [-0.1, -0.05) is 0 Å². The van der Waals surface area contributed by atoms with Crippen LogP contribution in [0.4, 0.5) is 8.78 Å². The van der Waals surface area contributed by atoms with E-state index in [1.54, 1.807) is 19.1 Å². The molecule has 0 unspecified atom stereocenters. The summed E-state index contributed by atoms with van der Waals surface area (Å²) in [5.41, 5.74) is 0.907. The van der Waals surface area contributed by atoms with Crippen LogP contribution in [0.25, 0.3) is 0 Å². The molecule has 0 fully saturated rings. The van der Waals surface area contributed by atoms with Gasteiger partial charge in [0.1, 0.15) is 0 Å². The highest BCUT2D eigenvalue weighted by Gasteiger charge is 2.31. The van der Waals surface area contributed by atoms with Gasteiger partial charge in [0.2, 0.25) is 0 Å². The maximum atomic E-state index is 12.4. The summed E-state index contributed by atoms with van der Waals surface area (Å²) in [6.45, 7) is -0.594. The van der Waals surface area contributed by atoms with Crippen LogP contribution in [0.2, 0.25) is 0 Å². The van der Waals surface area contributed by atoms with Crippen molar-refractivity contribution in [3.8, 4) is 0 Å². The van der Waals surface area contributed by atoms with Crippen LogP contribution in [-0.4, -0.2) is 46.0 Å². The topological polar surface area (TPSA) is 9.72 Å². The summed E-state index contributed by atoms with van der Waals surface area (Å²) < 4.78 is 24.9.